The van der Waals surface area contributed by atoms with Crippen molar-refractivity contribution in [3.05, 3.63) is 53.6 Å². The van der Waals surface area contributed by atoms with Crippen LogP contribution in [0.25, 0.3) is 6.08 Å². The highest BCUT2D eigenvalue weighted by Gasteiger charge is 2.44. The number of ether oxygens (including phenoxy) is 4. The third-order valence-corrected chi connectivity index (χ3v) is 5.66. The summed E-state index contributed by atoms with van der Waals surface area (Å²) in [6, 6.07) is 9.78. The normalized spacial score (nSPS) is 23.9. The summed E-state index contributed by atoms with van der Waals surface area (Å²) in [7, 11) is 2.88. The van der Waals surface area contributed by atoms with E-state index >= 15 is 0 Å². The minimum absolute atomic E-state index is 0.0493. The number of phenolic OH excluding ortho intramolecular Hbond substituents is 1. The number of rotatable bonds is 10. The van der Waals surface area contributed by atoms with E-state index in [0.29, 0.717) is 24.3 Å². The maximum absolute atomic E-state index is 12.2. The maximum Gasteiger partial charge on any atom is 0.244 e. The van der Waals surface area contributed by atoms with E-state index in [1.807, 2.05) is 0 Å². The van der Waals surface area contributed by atoms with E-state index in [1.54, 1.807) is 30.3 Å². The molecule has 5 atom stereocenters. The third-order valence-electron chi connectivity index (χ3n) is 5.66. The van der Waals surface area contributed by atoms with Gasteiger partial charge in [-0.3, -0.25) is 4.79 Å². The van der Waals surface area contributed by atoms with Crippen LogP contribution in [0.15, 0.2) is 42.5 Å². The van der Waals surface area contributed by atoms with Crippen molar-refractivity contribution in [3.8, 4) is 23.0 Å². The van der Waals surface area contributed by atoms with Gasteiger partial charge >= 0.3 is 0 Å². The standard InChI is InChI=1S/C25H31NO10/c1-33-18-11-15(3-6-16(18)28)9-10-26-21(29)8-5-14-4-7-17(19(12-14)34-2)35-25-24(32)23(31)22(30)20(13-27)36-25/h3-8,11-12,20,22-25,27-28,30-32H,9-10,13H2,1-2H3,(H,26,29)/b8-5+. The molecule has 3 rings (SSSR count). The van der Waals surface area contributed by atoms with Gasteiger partial charge in [0, 0.05) is 12.6 Å². The van der Waals surface area contributed by atoms with Gasteiger partial charge in [-0.1, -0.05) is 12.1 Å². The summed E-state index contributed by atoms with van der Waals surface area (Å²) in [6.07, 6.45) is -3.57. The topological polar surface area (TPSA) is 167 Å². The SMILES string of the molecule is COc1cc(CCNC(=O)/C=C/c2ccc(OC3OC(CO)C(O)C(O)C3O)c(OC)c2)ccc1O. The van der Waals surface area contributed by atoms with Crippen LogP contribution in [0.1, 0.15) is 11.1 Å². The second kappa shape index (κ2) is 12.6. The second-order valence-electron chi connectivity index (χ2n) is 8.11. The number of aromatic hydroxyl groups is 1. The number of phenols is 1. The summed E-state index contributed by atoms with van der Waals surface area (Å²) in [4.78, 5) is 12.2. The number of hydrogen-bond acceptors (Lipinski definition) is 10. The van der Waals surface area contributed by atoms with Crippen LogP contribution in [0.4, 0.5) is 0 Å². The molecule has 0 aliphatic carbocycles. The average molecular weight is 506 g/mol. The van der Waals surface area contributed by atoms with Crippen molar-refractivity contribution < 1.29 is 49.3 Å². The number of hydrogen-bond donors (Lipinski definition) is 6. The lowest BCUT2D eigenvalue weighted by Crippen LogP contribution is -2.60. The molecule has 0 aromatic heterocycles. The molecule has 11 heteroatoms. The Kier molecular flexibility index (Phi) is 9.51. The second-order valence-corrected chi connectivity index (χ2v) is 8.11. The first-order valence-corrected chi connectivity index (χ1v) is 11.2. The van der Waals surface area contributed by atoms with Gasteiger partial charge in [0.1, 0.15) is 24.4 Å². The van der Waals surface area contributed by atoms with Gasteiger partial charge in [-0.15, -0.1) is 0 Å². The van der Waals surface area contributed by atoms with Gasteiger partial charge in [-0.25, -0.2) is 0 Å². The predicted molar refractivity (Wildman–Crippen MR) is 128 cm³/mol. The molecule has 1 aliphatic rings. The first-order chi connectivity index (χ1) is 17.3. The van der Waals surface area contributed by atoms with Crippen molar-refractivity contribution in [1.29, 1.82) is 0 Å². The molecule has 1 amide bonds. The van der Waals surface area contributed by atoms with Crippen LogP contribution in [0.2, 0.25) is 0 Å². The molecule has 1 aliphatic heterocycles. The minimum Gasteiger partial charge on any atom is -0.504 e. The quantitative estimate of drug-likeness (QED) is 0.241. The Morgan fingerprint density at radius 3 is 2.44 bits per heavy atom. The van der Waals surface area contributed by atoms with Crippen LogP contribution in [0.3, 0.4) is 0 Å². The maximum atomic E-state index is 12.2. The molecule has 1 heterocycles. The Morgan fingerprint density at radius 1 is 1.00 bits per heavy atom. The molecule has 6 N–H and O–H groups in total. The Bertz CT molecular complexity index is 1060. The van der Waals surface area contributed by atoms with E-state index in [0.717, 1.165) is 5.56 Å². The highest BCUT2D eigenvalue weighted by atomic mass is 16.7. The number of aliphatic hydroxyl groups is 4. The van der Waals surface area contributed by atoms with Gasteiger partial charge in [-0.05, 0) is 47.9 Å². The van der Waals surface area contributed by atoms with Gasteiger partial charge < -0.3 is 49.8 Å². The summed E-state index contributed by atoms with van der Waals surface area (Å²) < 4.78 is 21.4. The molecule has 0 radical (unpaired) electrons. The molecule has 5 unspecified atom stereocenters. The van der Waals surface area contributed by atoms with Gasteiger partial charge in [0.15, 0.2) is 23.0 Å². The van der Waals surface area contributed by atoms with E-state index in [4.69, 9.17) is 18.9 Å². The summed E-state index contributed by atoms with van der Waals surface area (Å²) in [5, 5.41) is 51.8. The molecule has 196 valence electrons. The molecule has 1 fully saturated rings. The molecule has 1 saturated heterocycles. The smallest absolute Gasteiger partial charge is 0.244 e. The fourth-order valence-corrected chi connectivity index (χ4v) is 3.61. The third kappa shape index (κ3) is 6.65. The number of aliphatic hydroxyl groups excluding tert-OH is 4. The van der Waals surface area contributed by atoms with Crippen molar-refractivity contribution >= 4 is 12.0 Å². The summed E-state index contributed by atoms with van der Waals surface area (Å²) >= 11 is 0. The highest BCUT2D eigenvalue weighted by molar-refractivity contribution is 5.91. The first kappa shape index (κ1) is 27.2. The minimum atomic E-state index is -1.57. The monoisotopic (exact) mass is 505 g/mol. The van der Waals surface area contributed by atoms with Crippen LogP contribution >= 0.6 is 0 Å². The van der Waals surface area contributed by atoms with Gasteiger partial charge in [0.05, 0.1) is 20.8 Å². The predicted octanol–water partition coefficient (Wildman–Crippen LogP) is -0.0398. The molecule has 2 aromatic rings. The van der Waals surface area contributed by atoms with Crippen molar-refractivity contribution in [2.75, 3.05) is 27.4 Å². The van der Waals surface area contributed by atoms with E-state index in [1.165, 1.54) is 32.4 Å². The number of nitrogens with one attached hydrogen (secondary N) is 1. The molecular formula is C25H31NO10. The van der Waals surface area contributed by atoms with Crippen LogP contribution in [-0.4, -0.2) is 89.5 Å². The fraction of sp³-hybridized carbons (Fsp3) is 0.400. The fourth-order valence-electron chi connectivity index (χ4n) is 3.61. The lowest BCUT2D eigenvalue weighted by Gasteiger charge is -2.39. The summed E-state index contributed by atoms with van der Waals surface area (Å²) in [6.45, 7) is -0.191. The molecule has 11 nitrogen and oxygen atoms in total. The van der Waals surface area contributed by atoms with E-state index in [9.17, 15) is 30.3 Å². The van der Waals surface area contributed by atoms with Crippen LogP contribution in [-0.2, 0) is 16.0 Å². The summed E-state index contributed by atoms with van der Waals surface area (Å²) in [5.41, 5.74) is 1.53. The van der Waals surface area contributed by atoms with Crippen LogP contribution in [0, 0.1) is 0 Å². The zero-order chi connectivity index (χ0) is 26.2. The van der Waals surface area contributed by atoms with Crippen molar-refractivity contribution in [1.82, 2.24) is 5.32 Å². The lowest BCUT2D eigenvalue weighted by molar-refractivity contribution is -0.277. The largest absolute Gasteiger partial charge is 0.504 e. The number of carbonyl (C=O) groups excluding carboxylic acids is 1. The number of methoxy groups -OCH3 is 2. The van der Waals surface area contributed by atoms with Crippen molar-refractivity contribution in [2.24, 2.45) is 0 Å². The Morgan fingerprint density at radius 2 is 1.75 bits per heavy atom. The Hall–Kier alpha value is -3.35. The number of benzene rings is 2. The van der Waals surface area contributed by atoms with E-state index in [2.05, 4.69) is 5.32 Å². The zero-order valence-corrected chi connectivity index (χ0v) is 19.9. The lowest BCUT2D eigenvalue weighted by atomic mass is 9.99. The van der Waals surface area contributed by atoms with Crippen LogP contribution in [0.5, 0.6) is 23.0 Å². The van der Waals surface area contributed by atoms with Gasteiger partial charge in [0.25, 0.3) is 0 Å². The van der Waals surface area contributed by atoms with Gasteiger partial charge in [-0.2, -0.15) is 0 Å². The molecular weight excluding hydrogens is 474 g/mol. The Balaban J connectivity index is 1.57. The average Bonchev–Trinajstić information content (AvgIpc) is 2.89. The van der Waals surface area contributed by atoms with E-state index < -0.39 is 37.3 Å². The molecule has 2 aromatic carbocycles. The van der Waals surface area contributed by atoms with Crippen molar-refractivity contribution in [3.63, 3.8) is 0 Å². The first-order valence-electron chi connectivity index (χ1n) is 11.2. The summed E-state index contributed by atoms with van der Waals surface area (Å²) in [5.74, 6) is 0.574. The van der Waals surface area contributed by atoms with Crippen molar-refractivity contribution in [2.45, 2.75) is 37.1 Å². The molecule has 0 bridgehead atoms. The van der Waals surface area contributed by atoms with Gasteiger partial charge in [0.2, 0.25) is 12.2 Å². The van der Waals surface area contributed by atoms with Crippen LogP contribution < -0.4 is 19.5 Å². The highest BCUT2D eigenvalue weighted by Crippen LogP contribution is 2.32. The number of amides is 1. The van der Waals surface area contributed by atoms with E-state index in [-0.39, 0.29) is 23.2 Å². The number of carbonyl (C=O) groups is 1. The zero-order valence-electron chi connectivity index (χ0n) is 19.9. The Labute approximate surface area is 208 Å². The molecule has 36 heavy (non-hydrogen) atoms. The molecule has 0 spiro atoms. The molecule has 0 saturated carbocycles.